The summed E-state index contributed by atoms with van der Waals surface area (Å²) in [5, 5.41) is 11.5. The molecule has 8 heteroatoms. The summed E-state index contributed by atoms with van der Waals surface area (Å²) < 4.78 is 0. The van der Waals surface area contributed by atoms with Crippen LogP contribution in [0.1, 0.15) is 33.6 Å². The third-order valence-electron chi connectivity index (χ3n) is 4.35. The first-order valence-corrected chi connectivity index (χ1v) is 6.77. The minimum atomic E-state index is -1.30. The maximum absolute atomic E-state index is 12.7. The third-order valence-corrected chi connectivity index (χ3v) is 4.35. The van der Waals surface area contributed by atoms with E-state index in [1.807, 2.05) is 0 Å². The lowest BCUT2D eigenvalue weighted by molar-refractivity contribution is -0.148. The molecule has 0 aliphatic carbocycles. The van der Waals surface area contributed by atoms with Crippen molar-refractivity contribution < 1.29 is 24.3 Å². The Bertz CT molecular complexity index is 530. The van der Waals surface area contributed by atoms with Crippen LogP contribution in [0.25, 0.3) is 0 Å². The van der Waals surface area contributed by atoms with E-state index in [1.165, 1.54) is 25.7 Å². The number of nitrogens with one attached hydrogen (secondary N) is 1. The van der Waals surface area contributed by atoms with E-state index in [0.29, 0.717) is 19.4 Å². The summed E-state index contributed by atoms with van der Waals surface area (Å²) in [5.41, 5.74) is -2.50. The van der Waals surface area contributed by atoms with E-state index in [4.69, 9.17) is 0 Å². The Labute approximate surface area is 122 Å². The Hall–Kier alpha value is -2.12. The predicted octanol–water partition coefficient (Wildman–Crippen LogP) is -0.217. The summed E-state index contributed by atoms with van der Waals surface area (Å²) in [6.45, 7) is 4.58. The number of nitrogens with zero attached hydrogens (tertiary/aromatic N) is 2. The average Bonchev–Trinajstić information content (AvgIpc) is 2.77. The molecule has 0 aromatic carbocycles. The van der Waals surface area contributed by atoms with Gasteiger partial charge in [0, 0.05) is 6.54 Å². The number of imide groups is 1. The summed E-state index contributed by atoms with van der Waals surface area (Å²) in [7, 11) is 0. The Balaban J connectivity index is 2.32. The Morgan fingerprint density at radius 3 is 2.38 bits per heavy atom. The highest BCUT2D eigenvalue weighted by Crippen LogP contribution is 2.32. The van der Waals surface area contributed by atoms with Crippen LogP contribution in [0, 0.1) is 0 Å². The number of carboxylic acids is 1. The SMILES string of the molecule is CC1(C)C(=O)NC(=O)CN1C(=O)N1CCCC1(C)C(=O)O. The van der Waals surface area contributed by atoms with E-state index in [1.54, 1.807) is 0 Å². The van der Waals surface area contributed by atoms with Gasteiger partial charge in [-0.3, -0.25) is 14.9 Å². The molecule has 1 atom stereocenters. The number of urea groups is 1. The summed E-state index contributed by atoms with van der Waals surface area (Å²) >= 11 is 0. The second kappa shape index (κ2) is 4.71. The van der Waals surface area contributed by atoms with Gasteiger partial charge in [0.2, 0.25) is 5.91 Å². The van der Waals surface area contributed by atoms with Crippen LogP contribution in [-0.2, 0) is 14.4 Å². The van der Waals surface area contributed by atoms with Crippen molar-refractivity contribution in [2.75, 3.05) is 13.1 Å². The molecule has 0 bridgehead atoms. The summed E-state index contributed by atoms with van der Waals surface area (Å²) in [6, 6.07) is -0.592. The van der Waals surface area contributed by atoms with E-state index in [9.17, 15) is 24.3 Å². The highest BCUT2D eigenvalue weighted by Gasteiger charge is 2.51. The van der Waals surface area contributed by atoms with E-state index < -0.39 is 34.9 Å². The lowest BCUT2D eigenvalue weighted by Gasteiger charge is -2.44. The maximum atomic E-state index is 12.7. The monoisotopic (exact) mass is 297 g/mol. The number of hydrogen-bond acceptors (Lipinski definition) is 4. The molecule has 116 valence electrons. The van der Waals surface area contributed by atoms with Gasteiger partial charge in [0.25, 0.3) is 5.91 Å². The lowest BCUT2D eigenvalue weighted by atomic mass is 9.97. The minimum absolute atomic E-state index is 0.260. The van der Waals surface area contributed by atoms with E-state index in [0.717, 1.165) is 4.90 Å². The number of carboxylic acid groups (broad SMARTS) is 1. The highest BCUT2D eigenvalue weighted by atomic mass is 16.4. The minimum Gasteiger partial charge on any atom is -0.480 e. The van der Waals surface area contributed by atoms with Gasteiger partial charge in [0.15, 0.2) is 0 Å². The molecule has 2 saturated heterocycles. The van der Waals surface area contributed by atoms with Crippen molar-refractivity contribution in [2.24, 2.45) is 0 Å². The van der Waals surface area contributed by atoms with E-state index in [-0.39, 0.29) is 6.54 Å². The van der Waals surface area contributed by atoms with Crippen LogP contribution in [0.2, 0.25) is 0 Å². The van der Waals surface area contributed by atoms with Gasteiger partial charge in [0.05, 0.1) is 0 Å². The van der Waals surface area contributed by atoms with Crippen molar-refractivity contribution in [3.63, 3.8) is 0 Å². The van der Waals surface area contributed by atoms with Gasteiger partial charge in [-0.05, 0) is 33.6 Å². The number of carbonyl (C=O) groups excluding carboxylic acids is 3. The molecule has 2 aliphatic heterocycles. The largest absolute Gasteiger partial charge is 0.480 e. The molecule has 2 aliphatic rings. The van der Waals surface area contributed by atoms with Gasteiger partial charge >= 0.3 is 12.0 Å². The summed E-state index contributed by atoms with van der Waals surface area (Å²) in [4.78, 5) is 49.9. The Morgan fingerprint density at radius 1 is 1.19 bits per heavy atom. The molecule has 1 unspecified atom stereocenters. The molecule has 0 radical (unpaired) electrons. The number of aliphatic carboxylic acids is 1. The topological polar surface area (TPSA) is 107 Å². The first-order valence-electron chi connectivity index (χ1n) is 6.77. The van der Waals surface area contributed by atoms with Gasteiger partial charge in [0.1, 0.15) is 17.6 Å². The maximum Gasteiger partial charge on any atom is 0.329 e. The molecule has 4 amide bonds. The molecule has 8 nitrogen and oxygen atoms in total. The molecule has 2 heterocycles. The van der Waals surface area contributed by atoms with Crippen LogP contribution in [0.4, 0.5) is 4.79 Å². The van der Waals surface area contributed by atoms with Crippen molar-refractivity contribution in [1.82, 2.24) is 15.1 Å². The fourth-order valence-corrected chi connectivity index (χ4v) is 2.73. The zero-order valence-electron chi connectivity index (χ0n) is 12.3. The molecule has 0 aromatic rings. The smallest absolute Gasteiger partial charge is 0.329 e. The van der Waals surface area contributed by atoms with Crippen LogP contribution in [0.3, 0.4) is 0 Å². The third kappa shape index (κ3) is 2.24. The van der Waals surface area contributed by atoms with Crippen molar-refractivity contribution in [3.8, 4) is 0 Å². The second-order valence-electron chi connectivity index (χ2n) is 6.14. The fourth-order valence-electron chi connectivity index (χ4n) is 2.73. The van der Waals surface area contributed by atoms with E-state index in [2.05, 4.69) is 5.32 Å². The van der Waals surface area contributed by atoms with Crippen molar-refractivity contribution in [3.05, 3.63) is 0 Å². The van der Waals surface area contributed by atoms with Gasteiger partial charge < -0.3 is 14.9 Å². The number of likely N-dealkylation sites (tertiary alicyclic amines) is 1. The van der Waals surface area contributed by atoms with Crippen molar-refractivity contribution >= 4 is 23.8 Å². The first kappa shape index (κ1) is 15.3. The first-order chi connectivity index (χ1) is 9.60. The van der Waals surface area contributed by atoms with Crippen LogP contribution < -0.4 is 5.32 Å². The van der Waals surface area contributed by atoms with Crippen LogP contribution in [0.5, 0.6) is 0 Å². The molecule has 2 N–H and O–H groups in total. The molecule has 0 saturated carbocycles. The van der Waals surface area contributed by atoms with E-state index >= 15 is 0 Å². The summed E-state index contributed by atoms with van der Waals surface area (Å²) in [5.74, 6) is -2.22. The highest BCUT2D eigenvalue weighted by molar-refractivity contribution is 6.06. The molecular formula is C13H19N3O5. The Morgan fingerprint density at radius 2 is 1.81 bits per heavy atom. The van der Waals surface area contributed by atoms with Crippen molar-refractivity contribution in [1.29, 1.82) is 0 Å². The molecule has 2 rings (SSSR count). The average molecular weight is 297 g/mol. The zero-order valence-corrected chi connectivity index (χ0v) is 12.3. The number of hydrogen-bond donors (Lipinski definition) is 2. The quantitative estimate of drug-likeness (QED) is 0.651. The number of carbonyl (C=O) groups is 4. The standard InChI is InChI=1S/C13H19N3O5/c1-12(2)9(18)14-8(17)7-16(12)11(21)15-6-4-5-13(15,3)10(19)20/h4-7H2,1-3H3,(H,19,20)(H,14,17,18). The normalized spacial score (nSPS) is 28.5. The predicted molar refractivity (Wildman–Crippen MR) is 71.3 cm³/mol. The molecular weight excluding hydrogens is 278 g/mol. The van der Waals surface area contributed by atoms with Crippen LogP contribution in [-0.4, -0.2) is 62.9 Å². The number of rotatable bonds is 1. The van der Waals surface area contributed by atoms with Gasteiger partial charge in [-0.2, -0.15) is 0 Å². The zero-order chi connectivity index (χ0) is 16.0. The molecule has 2 fully saturated rings. The lowest BCUT2D eigenvalue weighted by Crippen LogP contribution is -2.69. The van der Waals surface area contributed by atoms with Crippen molar-refractivity contribution in [2.45, 2.75) is 44.7 Å². The summed E-state index contributed by atoms with van der Waals surface area (Å²) in [6.07, 6.45) is 0.922. The number of amides is 4. The Kier molecular flexibility index (Phi) is 3.43. The van der Waals surface area contributed by atoms with Crippen LogP contribution in [0.15, 0.2) is 0 Å². The van der Waals surface area contributed by atoms with Gasteiger partial charge in [-0.1, -0.05) is 0 Å². The van der Waals surface area contributed by atoms with Crippen LogP contribution >= 0.6 is 0 Å². The number of piperazine rings is 1. The second-order valence-corrected chi connectivity index (χ2v) is 6.14. The molecule has 0 aromatic heterocycles. The molecule has 21 heavy (non-hydrogen) atoms. The van der Waals surface area contributed by atoms with Gasteiger partial charge in [-0.15, -0.1) is 0 Å². The fraction of sp³-hybridized carbons (Fsp3) is 0.692. The molecule has 0 spiro atoms. The van der Waals surface area contributed by atoms with Gasteiger partial charge in [-0.25, -0.2) is 9.59 Å².